The highest BCUT2D eigenvalue weighted by atomic mass is 32.1. The average Bonchev–Trinajstić information content (AvgIpc) is 2.91. The lowest BCUT2D eigenvalue weighted by Crippen LogP contribution is -2.56. The van der Waals surface area contributed by atoms with Crippen LogP contribution in [-0.2, 0) is 4.79 Å². The summed E-state index contributed by atoms with van der Waals surface area (Å²) in [7, 11) is 0. The highest BCUT2D eigenvalue weighted by Crippen LogP contribution is 2.31. The molecule has 5 rings (SSSR count). The van der Waals surface area contributed by atoms with Gasteiger partial charge in [-0.25, -0.2) is 9.97 Å². The predicted molar refractivity (Wildman–Crippen MR) is 159 cm³/mol. The van der Waals surface area contributed by atoms with Crippen LogP contribution in [0.5, 0.6) is 11.5 Å². The molecule has 2 aliphatic rings. The molecule has 0 bridgehead atoms. The molecule has 1 amide bonds. The number of aromatic nitrogens is 2. The van der Waals surface area contributed by atoms with Crippen molar-refractivity contribution in [3.8, 4) is 11.5 Å². The van der Waals surface area contributed by atoms with E-state index in [4.69, 9.17) is 26.7 Å². The van der Waals surface area contributed by atoms with Crippen molar-refractivity contribution in [3.63, 3.8) is 0 Å². The summed E-state index contributed by atoms with van der Waals surface area (Å²) in [5.74, 6) is 2.11. The third-order valence-electron chi connectivity index (χ3n) is 6.56. The number of aryl methyl sites for hydroxylation is 4. The second kappa shape index (κ2) is 11.9. The number of benzene rings is 2. The number of hydrogen-bond acceptors (Lipinski definition) is 6. The molecule has 208 valence electrons. The Kier molecular flexibility index (Phi) is 8.11. The molecule has 1 unspecified atom stereocenters. The number of aliphatic imine (C=N–C) groups is 1. The molecule has 3 heterocycles. The zero-order valence-electron chi connectivity index (χ0n) is 23.1. The van der Waals surface area contributed by atoms with Crippen LogP contribution < -0.4 is 20.1 Å². The summed E-state index contributed by atoms with van der Waals surface area (Å²) in [6.07, 6.45) is -0.675. The number of anilines is 2. The van der Waals surface area contributed by atoms with Gasteiger partial charge in [0, 0.05) is 43.3 Å². The number of rotatable bonds is 3. The maximum atomic E-state index is 13.2. The number of ether oxygens (including phenoxy) is 2. The van der Waals surface area contributed by atoms with Crippen molar-refractivity contribution in [2.75, 3.05) is 43.4 Å². The molecule has 2 N–H and O–H groups in total. The van der Waals surface area contributed by atoms with E-state index in [0.29, 0.717) is 54.7 Å². The summed E-state index contributed by atoms with van der Waals surface area (Å²) >= 11 is 5.62. The van der Waals surface area contributed by atoms with E-state index in [-0.39, 0.29) is 12.5 Å². The number of carbonyl (C=O) groups excluding carboxylic acids is 1. The van der Waals surface area contributed by atoms with Crippen LogP contribution >= 0.6 is 12.2 Å². The zero-order chi connectivity index (χ0) is 28.2. The second-order valence-electron chi connectivity index (χ2n) is 10.0. The van der Waals surface area contributed by atoms with Crippen molar-refractivity contribution in [2.45, 2.75) is 33.8 Å². The zero-order valence-corrected chi connectivity index (χ0v) is 23.9. The Bertz CT molecular complexity index is 1410. The normalized spacial score (nSPS) is 16.9. The van der Waals surface area contributed by atoms with E-state index in [0.717, 1.165) is 28.2 Å². The van der Waals surface area contributed by atoms with E-state index in [9.17, 15) is 4.79 Å². The van der Waals surface area contributed by atoms with Gasteiger partial charge in [-0.15, -0.1) is 0 Å². The number of para-hydroxylation sites is 2. The lowest BCUT2D eigenvalue weighted by atomic mass is 10.1. The van der Waals surface area contributed by atoms with Crippen LogP contribution in [0.4, 0.5) is 11.6 Å². The Morgan fingerprint density at radius 1 is 0.900 bits per heavy atom. The minimum absolute atomic E-state index is 0.0924. The third kappa shape index (κ3) is 6.66. The highest BCUT2D eigenvalue weighted by Gasteiger charge is 2.33. The van der Waals surface area contributed by atoms with Crippen molar-refractivity contribution in [1.29, 1.82) is 0 Å². The average molecular weight is 560 g/mol. The lowest BCUT2D eigenvalue weighted by Gasteiger charge is -2.38. The number of carbonyl (C=O) groups is 1. The van der Waals surface area contributed by atoms with Gasteiger partial charge in [0.15, 0.2) is 11.5 Å². The van der Waals surface area contributed by atoms with Crippen molar-refractivity contribution < 1.29 is 14.3 Å². The van der Waals surface area contributed by atoms with E-state index >= 15 is 0 Å². The fourth-order valence-electron chi connectivity index (χ4n) is 4.84. The summed E-state index contributed by atoms with van der Waals surface area (Å²) in [6.45, 7) is 10.2. The second-order valence-corrected chi connectivity index (χ2v) is 10.4. The maximum absolute atomic E-state index is 13.2. The first kappa shape index (κ1) is 27.3. The molecule has 0 spiro atoms. The van der Waals surface area contributed by atoms with Gasteiger partial charge in [0.25, 0.3) is 5.91 Å². The van der Waals surface area contributed by atoms with Gasteiger partial charge < -0.3 is 24.6 Å². The number of piperazine rings is 1. The Hall–Kier alpha value is -4.25. The van der Waals surface area contributed by atoms with Crippen LogP contribution in [0.2, 0.25) is 0 Å². The largest absolute Gasteiger partial charge is 0.485 e. The SMILES string of the molecule is Cc1cc(C)cc(NC(=S)/N=C(/Nc2nc(C)cc(C)n2)N2CCN(C(=O)C3COc4ccccc4O3)CC2)c1. The quantitative estimate of drug-likeness (QED) is 0.281. The van der Waals surface area contributed by atoms with Gasteiger partial charge in [-0.05, 0) is 81.4 Å². The van der Waals surface area contributed by atoms with E-state index in [1.54, 1.807) is 4.90 Å². The molecule has 3 aromatic rings. The van der Waals surface area contributed by atoms with E-state index in [2.05, 4.69) is 26.7 Å². The molecule has 1 saturated heterocycles. The predicted octanol–water partition coefficient (Wildman–Crippen LogP) is 3.86. The Labute approximate surface area is 239 Å². The fourth-order valence-corrected chi connectivity index (χ4v) is 5.04. The number of nitrogens with zero attached hydrogens (tertiary/aromatic N) is 5. The molecule has 1 aromatic heterocycles. The fraction of sp³-hybridized carbons (Fsp3) is 0.345. The summed E-state index contributed by atoms with van der Waals surface area (Å²) in [5, 5.41) is 6.79. The van der Waals surface area contributed by atoms with Crippen LogP contribution in [0.1, 0.15) is 22.5 Å². The van der Waals surface area contributed by atoms with Crippen molar-refractivity contribution >= 4 is 40.8 Å². The topological polar surface area (TPSA) is 104 Å². The minimum atomic E-state index is -0.675. The standard InChI is InChI=1S/C29H33N7O3S/c1-18-13-19(2)15-22(14-18)32-29(40)34-28(33-27-30-20(3)16-21(4)31-27)36-11-9-35(10-12-36)26(37)25-17-38-23-7-5-6-8-24(23)39-25/h5-8,13-16,25H,9-12,17H2,1-4H3,(H2,30,31,32,33,34,40). The number of thiocarbonyl (C=S) groups is 1. The number of fused-ring (bicyclic) bond motifs is 1. The number of amides is 1. The highest BCUT2D eigenvalue weighted by molar-refractivity contribution is 7.80. The molecule has 1 atom stereocenters. The maximum Gasteiger partial charge on any atom is 0.267 e. The first-order valence-electron chi connectivity index (χ1n) is 13.2. The van der Waals surface area contributed by atoms with Gasteiger partial charge in [0.1, 0.15) is 6.61 Å². The van der Waals surface area contributed by atoms with Crippen LogP contribution in [0.25, 0.3) is 0 Å². The molecule has 40 heavy (non-hydrogen) atoms. The first-order chi connectivity index (χ1) is 19.2. The van der Waals surface area contributed by atoms with Gasteiger partial charge in [0.05, 0.1) is 0 Å². The van der Waals surface area contributed by atoms with Crippen molar-refractivity contribution in [2.24, 2.45) is 4.99 Å². The van der Waals surface area contributed by atoms with Crippen LogP contribution in [-0.4, -0.2) is 75.6 Å². The monoisotopic (exact) mass is 559 g/mol. The Morgan fingerprint density at radius 3 is 2.20 bits per heavy atom. The molecular weight excluding hydrogens is 526 g/mol. The Balaban J connectivity index is 1.29. The minimum Gasteiger partial charge on any atom is -0.485 e. The summed E-state index contributed by atoms with van der Waals surface area (Å²) in [4.78, 5) is 30.9. The summed E-state index contributed by atoms with van der Waals surface area (Å²) in [6, 6.07) is 15.4. The number of guanidine groups is 1. The van der Waals surface area contributed by atoms with E-state index in [1.807, 2.05) is 75.1 Å². The molecule has 0 aliphatic carbocycles. The number of hydrogen-bond donors (Lipinski definition) is 2. The third-order valence-corrected chi connectivity index (χ3v) is 6.75. The van der Waals surface area contributed by atoms with E-state index < -0.39 is 6.10 Å². The van der Waals surface area contributed by atoms with Crippen LogP contribution in [0, 0.1) is 27.7 Å². The van der Waals surface area contributed by atoms with Crippen molar-refractivity contribution in [1.82, 2.24) is 19.8 Å². The summed E-state index contributed by atoms with van der Waals surface area (Å²) < 4.78 is 11.7. The van der Waals surface area contributed by atoms with Crippen LogP contribution in [0.15, 0.2) is 53.5 Å². The van der Waals surface area contributed by atoms with Crippen molar-refractivity contribution in [3.05, 3.63) is 71.0 Å². The molecule has 0 radical (unpaired) electrons. The van der Waals surface area contributed by atoms with Gasteiger partial charge in [-0.3, -0.25) is 10.1 Å². The lowest BCUT2D eigenvalue weighted by molar-refractivity contribution is -0.142. The Morgan fingerprint density at radius 2 is 1.52 bits per heavy atom. The van der Waals surface area contributed by atoms with Gasteiger partial charge >= 0.3 is 0 Å². The molecule has 0 saturated carbocycles. The molecular formula is C29H33N7O3S. The van der Waals surface area contributed by atoms with Gasteiger partial charge in [-0.2, -0.15) is 4.99 Å². The molecule has 1 fully saturated rings. The van der Waals surface area contributed by atoms with Gasteiger partial charge in [-0.1, -0.05) is 18.2 Å². The number of nitrogens with one attached hydrogen (secondary N) is 2. The molecule has 2 aromatic carbocycles. The summed E-state index contributed by atoms with van der Waals surface area (Å²) in [5.41, 5.74) is 4.83. The molecule has 11 heteroatoms. The first-order valence-corrected chi connectivity index (χ1v) is 13.6. The molecule has 10 nitrogen and oxygen atoms in total. The molecule has 2 aliphatic heterocycles. The van der Waals surface area contributed by atoms with Crippen LogP contribution in [0.3, 0.4) is 0 Å². The smallest absolute Gasteiger partial charge is 0.267 e. The van der Waals surface area contributed by atoms with E-state index in [1.165, 1.54) is 0 Å². The van der Waals surface area contributed by atoms with Gasteiger partial charge in [0.2, 0.25) is 23.1 Å².